The second-order valence-corrected chi connectivity index (χ2v) is 2.74. The fourth-order valence-electron chi connectivity index (χ4n) is 0.974. The fourth-order valence-corrected chi connectivity index (χ4v) is 0.974. The van der Waals surface area contributed by atoms with Gasteiger partial charge in [0.1, 0.15) is 6.54 Å². The van der Waals surface area contributed by atoms with E-state index in [0.29, 0.717) is 10.1 Å². The average molecular weight is 221 g/mol. The smallest absolute Gasteiger partial charge is 0.306 e. The van der Waals surface area contributed by atoms with Crippen molar-refractivity contribution in [2.75, 3.05) is 0 Å². The Hall–Kier alpha value is -1.26. The minimum Gasteiger partial charge on any atom is -0.306 e. The first-order valence-electron chi connectivity index (χ1n) is 4.63. The van der Waals surface area contributed by atoms with Gasteiger partial charge in [-0.2, -0.15) is 13.2 Å². The fraction of sp³-hybridized carbons (Fsp3) is 0.500. The van der Waals surface area contributed by atoms with E-state index in [2.05, 4.69) is 0 Å². The van der Waals surface area contributed by atoms with Gasteiger partial charge in [0.25, 0.3) is 5.56 Å². The van der Waals surface area contributed by atoms with Crippen LogP contribution in [0.2, 0.25) is 0 Å². The molecule has 1 aromatic rings. The van der Waals surface area contributed by atoms with Crippen LogP contribution >= 0.6 is 0 Å². The Morgan fingerprint density at radius 1 is 1.33 bits per heavy atom. The summed E-state index contributed by atoms with van der Waals surface area (Å²) in [4.78, 5) is 11.1. The molecule has 1 aromatic heterocycles. The van der Waals surface area contributed by atoms with E-state index in [1.54, 1.807) is 0 Å². The van der Waals surface area contributed by atoms with Crippen LogP contribution in [0.5, 0.6) is 0 Å². The summed E-state index contributed by atoms with van der Waals surface area (Å²) in [6.07, 6.45) is -3.22. The monoisotopic (exact) mass is 221 g/mol. The Kier molecular flexibility index (Phi) is 5.11. The van der Waals surface area contributed by atoms with Crippen molar-refractivity contribution in [2.24, 2.45) is 0 Å². The summed E-state index contributed by atoms with van der Waals surface area (Å²) in [7, 11) is 0. The summed E-state index contributed by atoms with van der Waals surface area (Å²) >= 11 is 0. The highest BCUT2D eigenvalue weighted by Gasteiger charge is 2.28. The summed E-state index contributed by atoms with van der Waals surface area (Å²) in [6.45, 7) is 4.25. The number of hydrogen-bond donors (Lipinski definition) is 0. The number of pyridine rings is 1. The van der Waals surface area contributed by atoms with Crippen LogP contribution in [0.1, 0.15) is 19.4 Å². The van der Waals surface area contributed by atoms with Gasteiger partial charge in [0.2, 0.25) is 0 Å². The lowest BCUT2D eigenvalue weighted by Crippen LogP contribution is -2.28. The summed E-state index contributed by atoms with van der Waals surface area (Å²) in [5.41, 5.74) is -0.286. The van der Waals surface area contributed by atoms with Gasteiger partial charge in [-0.05, 0) is 13.0 Å². The molecule has 1 heterocycles. The SMILES string of the molecule is CC.Cc1cccn(CC(F)(F)F)c1=O. The van der Waals surface area contributed by atoms with E-state index in [1.165, 1.54) is 19.1 Å². The number of aromatic nitrogens is 1. The molecule has 15 heavy (non-hydrogen) atoms. The van der Waals surface area contributed by atoms with Crippen molar-refractivity contribution in [3.8, 4) is 0 Å². The average Bonchev–Trinajstić information content (AvgIpc) is 2.14. The minimum absolute atomic E-state index is 0.312. The molecule has 0 fully saturated rings. The van der Waals surface area contributed by atoms with Gasteiger partial charge in [-0.25, -0.2) is 0 Å². The molecule has 0 saturated carbocycles. The second kappa shape index (κ2) is 5.58. The lowest BCUT2D eigenvalue weighted by Gasteiger charge is -2.08. The summed E-state index contributed by atoms with van der Waals surface area (Å²) in [6, 6.07) is 2.90. The van der Waals surface area contributed by atoms with Gasteiger partial charge in [0.05, 0.1) is 0 Å². The van der Waals surface area contributed by atoms with Crippen molar-refractivity contribution in [2.45, 2.75) is 33.5 Å². The molecule has 1 rings (SSSR count). The molecule has 0 atom stereocenters. The van der Waals surface area contributed by atoms with Crippen LogP contribution in [0.15, 0.2) is 23.1 Å². The first-order chi connectivity index (χ1) is 6.90. The van der Waals surface area contributed by atoms with Gasteiger partial charge in [0.15, 0.2) is 0 Å². The molecule has 86 valence electrons. The largest absolute Gasteiger partial charge is 0.406 e. The number of halogens is 3. The highest BCUT2D eigenvalue weighted by atomic mass is 19.4. The molecule has 0 N–H and O–H groups in total. The van der Waals surface area contributed by atoms with Gasteiger partial charge in [-0.1, -0.05) is 19.9 Å². The maximum atomic E-state index is 11.9. The zero-order valence-corrected chi connectivity index (χ0v) is 8.93. The third-order valence-corrected chi connectivity index (χ3v) is 1.56. The zero-order valence-electron chi connectivity index (χ0n) is 8.93. The Morgan fingerprint density at radius 3 is 2.33 bits per heavy atom. The predicted molar refractivity (Wildman–Crippen MR) is 52.8 cm³/mol. The maximum Gasteiger partial charge on any atom is 0.406 e. The molecule has 0 unspecified atom stereocenters. The van der Waals surface area contributed by atoms with Crippen molar-refractivity contribution in [3.63, 3.8) is 0 Å². The van der Waals surface area contributed by atoms with Crippen molar-refractivity contribution in [1.82, 2.24) is 4.57 Å². The highest BCUT2D eigenvalue weighted by Crippen LogP contribution is 2.16. The van der Waals surface area contributed by atoms with E-state index in [0.717, 1.165) is 6.20 Å². The lowest BCUT2D eigenvalue weighted by molar-refractivity contribution is -0.141. The van der Waals surface area contributed by atoms with Crippen LogP contribution in [0.3, 0.4) is 0 Å². The molecular formula is C10H14F3NO. The molecule has 0 aliphatic carbocycles. The molecule has 0 aliphatic rings. The third kappa shape index (κ3) is 4.67. The molecule has 0 saturated heterocycles. The van der Waals surface area contributed by atoms with Gasteiger partial charge in [-0.3, -0.25) is 4.79 Å². The van der Waals surface area contributed by atoms with E-state index < -0.39 is 18.3 Å². The van der Waals surface area contributed by atoms with E-state index >= 15 is 0 Å². The molecule has 0 amide bonds. The molecule has 0 aliphatic heterocycles. The van der Waals surface area contributed by atoms with Crippen LogP contribution < -0.4 is 5.56 Å². The number of hydrogen-bond acceptors (Lipinski definition) is 1. The van der Waals surface area contributed by atoms with E-state index in [-0.39, 0.29) is 0 Å². The molecule has 0 radical (unpaired) electrons. The van der Waals surface area contributed by atoms with Crippen LogP contribution in [-0.2, 0) is 6.54 Å². The molecule has 2 nitrogen and oxygen atoms in total. The minimum atomic E-state index is -4.35. The van der Waals surface area contributed by atoms with E-state index in [4.69, 9.17) is 0 Å². The molecule has 0 spiro atoms. The second-order valence-electron chi connectivity index (χ2n) is 2.74. The van der Waals surface area contributed by atoms with Crippen LogP contribution in [0.25, 0.3) is 0 Å². The van der Waals surface area contributed by atoms with Crippen molar-refractivity contribution in [3.05, 3.63) is 34.2 Å². The van der Waals surface area contributed by atoms with Crippen LogP contribution in [-0.4, -0.2) is 10.7 Å². The van der Waals surface area contributed by atoms with Crippen LogP contribution in [0, 0.1) is 6.92 Å². The van der Waals surface area contributed by atoms with Gasteiger partial charge in [0, 0.05) is 11.8 Å². The molecular weight excluding hydrogens is 207 g/mol. The molecule has 0 bridgehead atoms. The topological polar surface area (TPSA) is 22.0 Å². The van der Waals surface area contributed by atoms with Crippen LogP contribution in [0.4, 0.5) is 13.2 Å². The lowest BCUT2D eigenvalue weighted by atomic mass is 10.3. The number of aryl methyl sites for hydroxylation is 1. The Morgan fingerprint density at radius 2 is 1.87 bits per heavy atom. The zero-order chi connectivity index (χ0) is 12.1. The summed E-state index contributed by atoms with van der Waals surface area (Å²) in [5.74, 6) is 0. The van der Waals surface area contributed by atoms with Gasteiger partial charge < -0.3 is 4.57 Å². The van der Waals surface area contributed by atoms with Gasteiger partial charge in [-0.15, -0.1) is 0 Å². The number of nitrogens with zero attached hydrogens (tertiary/aromatic N) is 1. The highest BCUT2D eigenvalue weighted by molar-refractivity contribution is 5.07. The van der Waals surface area contributed by atoms with Crippen molar-refractivity contribution < 1.29 is 13.2 Å². The van der Waals surface area contributed by atoms with E-state index in [9.17, 15) is 18.0 Å². The standard InChI is InChI=1S/C8H8F3NO.C2H6/c1-6-3-2-4-12(7(6)13)5-8(9,10)11;1-2/h2-4H,5H2,1H3;1-2H3. The first-order valence-corrected chi connectivity index (χ1v) is 4.63. The van der Waals surface area contributed by atoms with Crippen molar-refractivity contribution >= 4 is 0 Å². The Bertz CT molecular complexity index is 354. The van der Waals surface area contributed by atoms with E-state index in [1.807, 2.05) is 13.8 Å². The molecule has 0 aromatic carbocycles. The van der Waals surface area contributed by atoms with Crippen molar-refractivity contribution in [1.29, 1.82) is 0 Å². The third-order valence-electron chi connectivity index (χ3n) is 1.56. The maximum absolute atomic E-state index is 11.9. The predicted octanol–water partition coefficient (Wildman–Crippen LogP) is 2.75. The Labute approximate surface area is 86.3 Å². The summed E-state index contributed by atoms with van der Waals surface area (Å²) < 4.78 is 36.3. The first kappa shape index (κ1) is 13.7. The summed E-state index contributed by atoms with van der Waals surface area (Å²) in [5, 5.41) is 0. The quantitative estimate of drug-likeness (QED) is 0.714. The normalized spacial score (nSPS) is 10.5. The Balaban J connectivity index is 0.000000921. The molecule has 5 heteroatoms. The van der Waals surface area contributed by atoms with Gasteiger partial charge >= 0.3 is 6.18 Å². The number of alkyl halides is 3. The number of rotatable bonds is 1.